The van der Waals surface area contributed by atoms with Gasteiger partial charge in [-0.3, -0.25) is 9.59 Å². The van der Waals surface area contributed by atoms with E-state index in [0.29, 0.717) is 33.9 Å². The summed E-state index contributed by atoms with van der Waals surface area (Å²) in [6.45, 7) is 1.02. The maximum atomic E-state index is 13.2. The average molecular weight is 442 g/mol. The van der Waals surface area contributed by atoms with Crippen LogP contribution in [0.4, 0.5) is 5.82 Å². The van der Waals surface area contributed by atoms with Gasteiger partial charge in [-0.1, -0.05) is 11.6 Å². The van der Waals surface area contributed by atoms with E-state index in [1.54, 1.807) is 18.2 Å². The van der Waals surface area contributed by atoms with Crippen LogP contribution in [0.1, 0.15) is 55.3 Å². The Morgan fingerprint density at radius 1 is 1.06 bits per heavy atom. The summed E-state index contributed by atoms with van der Waals surface area (Å²) in [4.78, 5) is 28.4. The second-order valence-corrected chi connectivity index (χ2v) is 10.3. The van der Waals surface area contributed by atoms with Gasteiger partial charge in [0.2, 0.25) is 0 Å². The van der Waals surface area contributed by atoms with Crippen molar-refractivity contribution >= 4 is 40.2 Å². The number of hydrogen-bond donors (Lipinski definition) is 3. The third-order valence-corrected chi connectivity index (χ3v) is 7.80. The number of carbonyl (C=O) groups is 2. The molecule has 4 aliphatic rings. The highest BCUT2D eigenvalue weighted by atomic mass is 35.5. The minimum atomic E-state index is -0.863. The first-order valence-corrected chi connectivity index (χ1v) is 11.6. The van der Waals surface area contributed by atoms with Gasteiger partial charge in [0.1, 0.15) is 5.82 Å². The summed E-state index contributed by atoms with van der Waals surface area (Å²) in [6.07, 6.45) is 7.91. The molecule has 0 unspecified atom stereocenters. The number of benzene rings is 1. The Labute approximate surface area is 186 Å². The third-order valence-electron chi connectivity index (χ3n) is 7.48. The Morgan fingerprint density at radius 3 is 2.39 bits per heavy atom. The second-order valence-electron chi connectivity index (χ2n) is 9.86. The lowest BCUT2D eigenvalue weighted by Gasteiger charge is -2.56. The number of hydrogen-bond acceptors (Lipinski definition) is 4. The van der Waals surface area contributed by atoms with Crippen molar-refractivity contribution in [1.82, 2.24) is 10.3 Å². The van der Waals surface area contributed by atoms with Gasteiger partial charge in [0, 0.05) is 18.5 Å². The van der Waals surface area contributed by atoms with Gasteiger partial charge in [0.05, 0.1) is 22.5 Å². The number of rotatable bonds is 7. The van der Waals surface area contributed by atoms with Gasteiger partial charge in [0.15, 0.2) is 0 Å². The molecule has 164 valence electrons. The van der Waals surface area contributed by atoms with E-state index in [-0.39, 0.29) is 17.7 Å². The number of nitrogens with zero attached hydrogens (tertiary/aromatic N) is 1. The van der Waals surface area contributed by atoms with Crippen LogP contribution in [0.2, 0.25) is 5.02 Å². The number of carboxylic acids is 1. The van der Waals surface area contributed by atoms with Crippen molar-refractivity contribution in [3.63, 3.8) is 0 Å². The third kappa shape index (κ3) is 4.10. The second kappa shape index (κ2) is 7.97. The molecule has 7 heteroatoms. The smallest absolute Gasteiger partial charge is 0.305 e. The normalized spacial score (nSPS) is 28.6. The Morgan fingerprint density at radius 2 is 1.74 bits per heavy atom. The van der Waals surface area contributed by atoms with Crippen molar-refractivity contribution in [2.24, 2.45) is 23.2 Å². The molecule has 0 spiro atoms. The summed E-state index contributed by atoms with van der Waals surface area (Å²) in [5.41, 5.74) is 1.39. The van der Waals surface area contributed by atoms with Gasteiger partial charge in [0.25, 0.3) is 5.91 Å². The highest BCUT2D eigenvalue weighted by Crippen LogP contribution is 2.59. The van der Waals surface area contributed by atoms with E-state index >= 15 is 0 Å². The lowest BCUT2D eigenvalue weighted by molar-refractivity contribution is -0.136. The number of anilines is 1. The van der Waals surface area contributed by atoms with E-state index in [1.807, 2.05) is 6.07 Å². The van der Waals surface area contributed by atoms with Crippen LogP contribution >= 0.6 is 11.6 Å². The predicted molar refractivity (Wildman–Crippen MR) is 120 cm³/mol. The molecule has 4 aliphatic carbocycles. The van der Waals surface area contributed by atoms with Crippen molar-refractivity contribution in [2.45, 2.75) is 44.9 Å². The molecule has 4 saturated carbocycles. The maximum absolute atomic E-state index is 13.2. The van der Waals surface area contributed by atoms with E-state index < -0.39 is 5.97 Å². The van der Waals surface area contributed by atoms with Crippen molar-refractivity contribution in [1.29, 1.82) is 0 Å². The summed E-state index contributed by atoms with van der Waals surface area (Å²) >= 11 is 6.44. The zero-order valence-electron chi connectivity index (χ0n) is 17.5. The summed E-state index contributed by atoms with van der Waals surface area (Å²) in [6, 6.07) is 7.08. The fourth-order valence-corrected chi connectivity index (χ4v) is 6.92. The molecule has 2 aromatic rings. The van der Waals surface area contributed by atoms with Crippen LogP contribution in [0.5, 0.6) is 0 Å². The molecule has 3 N–H and O–H groups in total. The van der Waals surface area contributed by atoms with E-state index in [0.717, 1.165) is 24.3 Å². The molecule has 4 bridgehead atoms. The number of nitrogens with one attached hydrogen (secondary N) is 2. The quantitative estimate of drug-likeness (QED) is 0.578. The SMILES string of the molecule is O=C(O)CCNc1ccc2c(C(=O)NCC34CC5CC(CC(C5)C3)C4)c(Cl)ccc2n1. The Bertz CT molecular complexity index is 1000. The van der Waals surface area contributed by atoms with Gasteiger partial charge in [-0.2, -0.15) is 0 Å². The average Bonchev–Trinajstić information content (AvgIpc) is 2.71. The number of halogens is 1. The molecule has 0 radical (unpaired) electrons. The summed E-state index contributed by atoms with van der Waals surface area (Å²) in [5, 5.41) is 16.1. The molecule has 0 saturated heterocycles. The van der Waals surface area contributed by atoms with Crippen LogP contribution in [0.25, 0.3) is 10.9 Å². The standard InChI is InChI=1S/C24H28ClN3O3/c25-18-2-3-19-17(1-4-20(28-19)26-6-5-21(29)30)22(18)23(31)27-13-24-10-14-7-15(11-24)9-16(8-14)12-24/h1-4,14-16H,5-13H2,(H,26,28)(H,27,31)(H,29,30). The summed E-state index contributed by atoms with van der Waals surface area (Å²) < 4.78 is 0. The number of pyridine rings is 1. The Balaban J connectivity index is 1.32. The monoisotopic (exact) mass is 441 g/mol. The molecule has 6 nitrogen and oxygen atoms in total. The van der Waals surface area contributed by atoms with Crippen LogP contribution in [0.15, 0.2) is 24.3 Å². The minimum absolute atomic E-state index is 0.0122. The van der Waals surface area contributed by atoms with Crippen molar-refractivity contribution in [3.05, 3.63) is 34.9 Å². The maximum Gasteiger partial charge on any atom is 0.305 e. The molecular weight excluding hydrogens is 414 g/mol. The largest absolute Gasteiger partial charge is 0.481 e. The van der Waals surface area contributed by atoms with Crippen LogP contribution in [-0.2, 0) is 4.79 Å². The number of fused-ring (bicyclic) bond motifs is 1. The molecule has 0 atom stereocenters. The Hall–Kier alpha value is -2.34. The number of amides is 1. The van der Waals surface area contributed by atoms with Crippen LogP contribution in [0.3, 0.4) is 0 Å². The molecule has 31 heavy (non-hydrogen) atoms. The molecular formula is C24H28ClN3O3. The molecule has 1 aromatic carbocycles. The highest BCUT2D eigenvalue weighted by molar-refractivity contribution is 6.35. The lowest BCUT2D eigenvalue weighted by atomic mass is 9.49. The summed E-state index contributed by atoms with van der Waals surface area (Å²) in [7, 11) is 0. The molecule has 1 heterocycles. The number of carboxylic acid groups (broad SMARTS) is 1. The fraction of sp³-hybridized carbons (Fsp3) is 0.542. The topological polar surface area (TPSA) is 91.3 Å². The Kier molecular flexibility index (Phi) is 5.29. The molecule has 1 aromatic heterocycles. The van der Waals surface area contributed by atoms with Crippen molar-refractivity contribution in [2.75, 3.05) is 18.4 Å². The highest BCUT2D eigenvalue weighted by Gasteiger charge is 2.50. The molecule has 6 rings (SSSR count). The lowest BCUT2D eigenvalue weighted by Crippen LogP contribution is -2.51. The van der Waals surface area contributed by atoms with Crippen LogP contribution < -0.4 is 10.6 Å². The van der Waals surface area contributed by atoms with Gasteiger partial charge in [-0.05, 0) is 86.0 Å². The first-order chi connectivity index (χ1) is 14.9. The first-order valence-electron chi connectivity index (χ1n) is 11.2. The number of aliphatic carboxylic acids is 1. The first kappa shape index (κ1) is 20.6. The predicted octanol–water partition coefficient (Wildman–Crippen LogP) is 4.72. The molecule has 1 amide bonds. The van der Waals surface area contributed by atoms with Gasteiger partial charge < -0.3 is 15.7 Å². The van der Waals surface area contributed by atoms with E-state index in [9.17, 15) is 9.59 Å². The zero-order valence-corrected chi connectivity index (χ0v) is 18.3. The van der Waals surface area contributed by atoms with Gasteiger partial charge >= 0.3 is 5.97 Å². The minimum Gasteiger partial charge on any atom is -0.481 e. The van der Waals surface area contributed by atoms with Crippen molar-refractivity contribution < 1.29 is 14.7 Å². The van der Waals surface area contributed by atoms with Crippen molar-refractivity contribution in [3.8, 4) is 0 Å². The van der Waals surface area contributed by atoms with E-state index in [2.05, 4.69) is 15.6 Å². The zero-order chi connectivity index (χ0) is 21.6. The summed E-state index contributed by atoms with van der Waals surface area (Å²) in [5.74, 6) is 2.12. The number of carbonyl (C=O) groups excluding carboxylic acids is 1. The van der Waals surface area contributed by atoms with Crippen LogP contribution in [0, 0.1) is 23.2 Å². The number of aromatic nitrogens is 1. The fourth-order valence-electron chi connectivity index (χ4n) is 6.67. The van der Waals surface area contributed by atoms with E-state index in [4.69, 9.17) is 16.7 Å². The molecule has 0 aliphatic heterocycles. The van der Waals surface area contributed by atoms with Crippen LogP contribution in [-0.4, -0.2) is 35.1 Å². The molecule has 4 fully saturated rings. The van der Waals surface area contributed by atoms with Gasteiger partial charge in [-0.15, -0.1) is 0 Å². The van der Waals surface area contributed by atoms with Gasteiger partial charge in [-0.25, -0.2) is 4.98 Å². The van der Waals surface area contributed by atoms with E-state index in [1.165, 1.54) is 38.5 Å².